The van der Waals surface area contributed by atoms with Crippen LogP contribution in [-0.4, -0.2) is 18.0 Å². The summed E-state index contributed by atoms with van der Waals surface area (Å²) in [6.07, 6.45) is 0. The summed E-state index contributed by atoms with van der Waals surface area (Å²) >= 11 is 0. The molecule has 4 nitrogen and oxygen atoms in total. The number of rotatable bonds is 2. The molecule has 0 aliphatic rings. The number of hydrogen-bond acceptors (Lipinski definition) is 3. The van der Waals surface area contributed by atoms with Gasteiger partial charge in [0.05, 0.1) is 5.69 Å². The van der Waals surface area contributed by atoms with Crippen LogP contribution in [0.15, 0.2) is 53.6 Å². The second kappa shape index (κ2) is 5.19. The van der Waals surface area contributed by atoms with Crippen LogP contribution in [0, 0.1) is 13.8 Å². The molecule has 1 aromatic heterocycles. The Kier molecular flexibility index (Phi) is 3.47. The van der Waals surface area contributed by atoms with E-state index in [1.165, 1.54) is 0 Å². The minimum atomic E-state index is -4.40. The zero-order chi connectivity index (χ0) is 15.9. The first-order chi connectivity index (χ1) is 10.3. The van der Waals surface area contributed by atoms with Crippen molar-refractivity contribution in [2.24, 2.45) is 0 Å². The lowest BCUT2D eigenvalue weighted by molar-refractivity contribution is 0.480. The fraction of sp³-hybridized carbons (Fsp3) is 0.118. The Labute approximate surface area is 129 Å². The number of pyridine rings is 1. The van der Waals surface area contributed by atoms with Gasteiger partial charge in [0.2, 0.25) is 0 Å². The average molecular weight is 313 g/mol. The van der Waals surface area contributed by atoms with Crippen molar-refractivity contribution >= 4 is 20.9 Å². The molecular weight excluding hydrogens is 298 g/mol. The molecule has 0 bridgehead atoms. The summed E-state index contributed by atoms with van der Waals surface area (Å²) in [5.74, 6) is 0. The van der Waals surface area contributed by atoms with Gasteiger partial charge < -0.3 is 0 Å². The minimum absolute atomic E-state index is 0.302. The number of fused-ring (bicyclic) bond motifs is 1. The SMILES string of the molecule is Cc1ccc(-c2cc3ccc(C)cc3c(S(=O)(=O)O)n2)cc1. The second-order valence-electron chi connectivity index (χ2n) is 5.38. The lowest BCUT2D eigenvalue weighted by Gasteiger charge is -2.09. The zero-order valence-electron chi connectivity index (χ0n) is 12.2. The second-order valence-corrected chi connectivity index (χ2v) is 6.72. The third kappa shape index (κ3) is 2.73. The molecular formula is C17H15NO3S. The molecule has 1 N–H and O–H groups in total. The van der Waals surface area contributed by atoms with Gasteiger partial charge in [0.25, 0.3) is 0 Å². The average Bonchev–Trinajstić information content (AvgIpc) is 2.46. The van der Waals surface area contributed by atoms with E-state index in [-0.39, 0.29) is 5.03 Å². The Balaban J connectivity index is 2.34. The molecule has 22 heavy (non-hydrogen) atoms. The maximum Gasteiger partial charge on any atom is 0.312 e. The molecule has 0 unspecified atom stereocenters. The van der Waals surface area contributed by atoms with Crippen molar-refractivity contribution in [3.05, 3.63) is 59.7 Å². The molecule has 2 aromatic carbocycles. The maximum absolute atomic E-state index is 11.7. The van der Waals surface area contributed by atoms with Crippen LogP contribution in [0.25, 0.3) is 22.0 Å². The predicted molar refractivity (Wildman–Crippen MR) is 86.5 cm³/mol. The summed E-state index contributed by atoms with van der Waals surface area (Å²) in [5.41, 5.74) is 3.33. The standard InChI is InChI=1S/C17H15NO3S/c1-11-3-6-13(7-4-11)16-10-14-8-5-12(2)9-15(14)17(18-16)22(19,20)21/h3-10H,1-2H3,(H,19,20,21). The van der Waals surface area contributed by atoms with Gasteiger partial charge in [-0.15, -0.1) is 0 Å². The van der Waals surface area contributed by atoms with Crippen LogP contribution >= 0.6 is 0 Å². The first-order valence-electron chi connectivity index (χ1n) is 6.80. The molecule has 5 heteroatoms. The van der Waals surface area contributed by atoms with Crippen molar-refractivity contribution in [1.29, 1.82) is 0 Å². The van der Waals surface area contributed by atoms with Crippen molar-refractivity contribution in [3.63, 3.8) is 0 Å². The summed E-state index contributed by atoms with van der Waals surface area (Å²) < 4.78 is 32.9. The van der Waals surface area contributed by atoms with Gasteiger partial charge in [0, 0.05) is 10.9 Å². The highest BCUT2D eigenvalue weighted by Crippen LogP contribution is 2.28. The fourth-order valence-corrected chi connectivity index (χ4v) is 3.07. The van der Waals surface area contributed by atoms with Gasteiger partial charge in [-0.05, 0) is 31.4 Å². The Bertz CT molecular complexity index is 961. The van der Waals surface area contributed by atoms with E-state index in [0.29, 0.717) is 11.1 Å². The summed E-state index contributed by atoms with van der Waals surface area (Å²) in [5, 5.41) is 0.853. The Morgan fingerprint density at radius 2 is 1.55 bits per heavy atom. The van der Waals surface area contributed by atoms with E-state index in [9.17, 15) is 13.0 Å². The van der Waals surface area contributed by atoms with Crippen LogP contribution in [0.5, 0.6) is 0 Å². The van der Waals surface area contributed by atoms with E-state index in [1.54, 1.807) is 6.07 Å². The first kappa shape index (κ1) is 14.7. The molecule has 0 radical (unpaired) electrons. The molecule has 0 aliphatic carbocycles. The van der Waals surface area contributed by atoms with Gasteiger partial charge in [-0.2, -0.15) is 8.42 Å². The van der Waals surface area contributed by atoms with Gasteiger partial charge in [-0.1, -0.05) is 47.5 Å². The topological polar surface area (TPSA) is 67.3 Å². The number of hydrogen-bond donors (Lipinski definition) is 1. The van der Waals surface area contributed by atoms with Crippen molar-refractivity contribution < 1.29 is 13.0 Å². The molecule has 0 fully saturated rings. The van der Waals surface area contributed by atoms with Crippen molar-refractivity contribution in [1.82, 2.24) is 4.98 Å². The number of nitrogens with zero attached hydrogens (tertiary/aromatic N) is 1. The van der Waals surface area contributed by atoms with Gasteiger partial charge >= 0.3 is 10.1 Å². The Morgan fingerprint density at radius 3 is 2.18 bits per heavy atom. The van der Waals surface area contributed by atoms with E-state index in [4.69, 9.17) is 0 Å². The van der Waals surface area contributed by atoms with Crippen molar-refractivity contribution in [2.45, 2.75) is 18.9 Å². The number of aromatic nitrogens is 1. The molecule has 112 valence electrons. The lowest BCUT2D eigenvalue weighted by Crippen LogP contribution is -2.04. The van der Waals surface area contributed by atoms with E-state index < -0.39 is 10.1 Å². The summed E-state index contributed by atoms with van der Waals surface area (Å²) in [7, 11) is -4.40. The zero-order valence-corrected chi connectivity index (χ0v) is 13.1. The summed E-state index contributed by atoms with van der Waals surface area (Å²) in [6.45, 7) is 3.84. The Hall–Kier alpha value is -2.24. The van der Waals surface area contributed by atoms with E-state index in [0.717, 1.165) is 22.1 Å². The first-order valence-corrected chi connectivity index (χ1v) is 8.24. The fourth-order valence-electron chi connectivity index (χ4n) is 2.40. The lowest BCUT2D eigenvalue weighted by atomic mass is 10.0. The van der Waals surface area contributed by atoms with Crippen LogP contribution in [0.2, 0.25) is 0 Å². The number of aryl methyl sites for hydroxylation is 2. The van der Waals surface area contributed by atoms with Crippen LogP contribution in [0.3, 0.4) is 0 Å². The largest absolute Gasteiger partial charge is 0.312 e. The third-order valence-corrected chi connectivity index (χ3v) is 4.34. The summed E-state index contributed by atoms with van der Waals surface area (Å²) in [4.78, 5) is 4.18. The molecule has 0 amide bonds. The number of benzene rings is 2. The van der Waals surface area contributed by atoms with E-state index >= 15 is 0 Å². The smallest absolute Gasteiger partial charge is 0.281 e. The van der Waals surface area contributed by atoms with Crippen LogP contribution in [0.4, 0.5) is 0 Å². The molecule has 0 atom stereocenters. The third-order valence-electron chi connectivity index (χ3n) is 3.55. The van der Waals surface area contributed by atoms with Gasteiger partial charge in [0.1, 0.15) is 0 Å². The van der Waals surface area contributed by atoms with Crippen LogP contribution in [0.1, 0.15) is 11.1 Å². The Morgan fingerprint density at radius 1 is 0.909 bits per heavy atom. The van der Waals surface area contributed by atoms with Crippen molar-refractivity contribution in [3.8, 4) is 11.3 Å². The normalized spacial score (nSPS) is 11.8. The molecule has 0 saturated heterocycles. The maximum atomic E-state index is 11.7. The molecule has 0 aliphatic heterocycles. The monoisotopic (exact) mass is 313 g/mol. The van der Waals surface area contributed by atoms with E-state index in [1.807, 2.05) is 56.3 Å². The van der Waals surface area contributed by atoms with Gasteiger partial charge in [-0.25, -0.2) is 4.98 Å². The van der Waals surface area contributed by atoms with Gasteiger partial charge in [-0.3, -0.25) is 4.55 Å². The molecule has 0 spiro atoms. The highest BCUT2D eigenvalue weighted by atomic mass is 32.2. The quantitative estimate of drug-likeness (QED) is 0.731. The highest BCUT2D eigenvalue weighted by Gasteiger charge is 2.18. The predicted octanol–water partition coefficient (Wildman–Crippen LogP) is 3.77. The van der Waals surface area contributed by atoms with E-state index in [2.05, 4.69) is 4.98 Å². The molecule has 3 aromatic rings. The minimum Gasteiger partial charge on any atom is -0.281 e. The molecule has 0 saturated carbocycles. The van der Waals surface area contributed by atoms with Crippen LogP contribution in [-0.2, 0) is 10.1 Å². The van der Waals surface area contributed by atoms with Crippen molar-refractivity contribution in [2.75, 3.05) is 0 Å². The molecule has 3 rings (SSSR count). The molecule has 1 heterocycles. The highest BCUT2D eigenvalue weighted by molar-refractivity contribution is 7.86. The van der Waals surface area contributed by atoms with Crippen LogP contribution < -0.4 is 0 Å². The summed E-state index contributed by atoms with van der Waals surface area (Å²) in [6, 6.07) is 14.9. The van der Waals surface area contributed by atoms with Gasteiger partial charge in [0.15, 0.2) is 5.03 Å².